The Bertz CT molecular complexity index is 572. The van der Waals surface area contributed by atoms with Crippen molar-refractivity contribution in [3.05, 3.63) is 34.7 Å². The second-order valence-corrected chi connectivity index (χ2v) is 4.57. The molecule has 0 amide bonds. The number of rotatable bonds is 2. The fourth-order valence-corrected chi connectivity index (χ4v) is 2.60. The lowest BCUT2D eigenvalue weighted by atomic mass is 10.1. The topological polar surface area (TPSA) is 37.3 Å². The van der Waals surface area contributed by atoms with E-state index >= 15 is 0 Å². The van der Waals surface area contributed by atoms with Gasteiger partial charge in [0.1, 0.15) is 4.88 Å². The van der Waals surface area contributed by atoms with Crippen LogP contribution in [-0.4, -0.2) is 11.1 Å². The molecule has 2 rings (SSSR count). The van der Waals surface area contributed by atoms with Gasteiger partial charge in [0.25, 0.3) is 0 Å². The first-order chi connectivity index (χ1) is 7.88. The molecule has 0 saturated carbocycles. The van der Waals surface area contributed by atoms with Crippen molar-refractivity contribution in [1.82, 2.24) is 0 Å². The van der Waals surface area contributed by atoms with Gasteiger partial charge in [-0.2, -0.15) is 13.2 Å². The summed E-state index contributed by atoms with van der Waals surface area (Å²) < 4.78 is 37.9. The summed E-state index contributed by atoms with van der Waals surface area (Å²) >= 11 is 0.584. The summed E-state index contributed by atoms with van der Waals surface area (Å²) in [7, 11) is 0. The first-order valence-corrected chi connectivity index (χ1v) is 5.50. The number of thiophene rings is 1. The van der Waals surface area contributed by atoms with Crippen molar-refractivity contribution in [3.8, 4) is 0 Å². The van der Waals surface area contributed by atoms with E-state index in [1.54, 1.807) is 12.1 Å². The molecule has 0 radical (unpaired) electrons. The first-order valence-electron chi connectivity index (χ1n) is 4.68. The SMILES string of the molecule is O=C(O)Cc1cccc2cc(C(F)(F)F)sc12. The number of hydrogen-bond donors (Lipinski definition) is 1. The molecule has 0 spiro atoms. The van der Waals surface area contributed by atoms with Crippen LogP contribution in [0.25, 0.3) is 10.1 Å². The van der Waals surface area contributed by atoms with Crippen LogP contribution in [0.2, 0.25) is 0 Å². The van der Waals surface area contributed by atoms with Crippen molar-refractivity contribution in [2.24, 2.45) is 0 Å². The predicted octanol–water partition coefficient (Wildman–Crippen LogP) is 3.55. The molecule has 90 valence electrons. The zero-order valence-electron chi connectivity index (χ0n) is 8.41. The Kier molecular flexibility index (Phi) is 2.82. The molecule has 1 N–H and O–H groups in total. The molecule has 0 saturated heterocycles. The third-order valence-electron chi connectivity index (χ3n) is 2.25. The smallest absolute Gasteiger partial charge is 0.425 e. The van der Waals surface area contributed by atoms with Crippen LogP contribution in [-0.2, 0) is 17.4 Å². The van der Waals surface area contributed by atoms with Crippen LogP contribution in [0.3, 0.4) is 0 Å². The van der Waals surface area contributed by atoms with Crippen LogP contribution in [0.4, 0.5) is 13.2 Å². The van der Waals surface area contributed by atoms with Crippen LogP contribution in [0.5, 0.6) is 0 Å². The highest BCUT2D eigenvalue weighted by Crippen LogP contribution is 2.39. The standard InChI is InChI=1S/C11H7F3O2S/c12-11(13,14)8-4-6-2-1-3-7(5-9(15)16)10(6)17-8/h1-4H,5H2,(H,15,16). The molecule has 0 aliphatic rings. The van der Waals surface area contributed by atoms with Crippen molar-refractivity contribution >= 4 is 27.4 Å². The Labute approximate surface area is 98.3 Å². The number of carboxylic acids is 1. The van der Waals surface area contributed by atoms with Crippen molar-refractivity contribution in [3.63, 3.8) is 0 Å². The average molecular weight is 260 g/mol. The zero-order chi connectivity index (χ0) is 12.6. The Morgan fingerprint density at radius 2 is 2.06 bits per heavy atom. The molecule has 0 aliphatic heterocycles. The van der Waals surface area contributed by atoms with Gasteiger partial charge >= 0.3 is 12.1 Å². The van der Waals surface area contributed by atoms with E-state index in [0.717, 1.165) is 6.07 Å². The van der Waals surface area contributed by atoms with Crippen LogP contribution >= 0.6 is 11.3 Å². The lowest BCUT2D eigenvalue weighted by molar-refractivity contribution is -0.136. The minimum atomic E-state index is -4.38. The van der Waals surface area contributed by atoms with E-state index < -0.39 is 17.0 Å². The Hall–Kier alpha value is -1.56. The molecule has 0 unspecified atom stereocenters. The summed E-state index contributed by atoms with van der Waals surface area (Å²) in [5.74, 6) is -1.06. The molecule has 2 aromatic rings. The highest BCUT2D eigenvalue weighted by molar-refractivity contribution is 7.19. The monoisotopic (exact) mass is 260 g/mol. The highest BCUT2D eigenvalue weighted by atomic mass is 32.1. The zero-order valence-corrected chi connectivity index (χ0v) is 9.23. The summed E-state index contributed by atoms with van der Waals surface area (Å²) in [5.41, 5.74) is 0.412. The molecule has 1 aromatic heterocycles. The van der Waals surface area contributed by atoms with E-state index in [1.807, 2.05) is 0 Å². The normalized spacial score (nSPS) is 11.9. The largest absolute Gasteiger partial charge is 0.481 e. The number of alkyl halides is 3. The maximum Gasteiger partial charge on any atom is 0.425 e. The van der Waals surface area contributed by atoms with E-state index in [-0.39, 0.29) is 6.42 Å². The number of benzene rings is 1. The number of hydrogen-bond acceptors (Lipinski definition) is 2. The molecule has 0 aliphatic carbocycles. The van der Waals surface area contributed by atoms with Crippen molar-refractivity contribution < 1.29 is 23.1 Å². The number of carbonyl (C=O) groups is 1. The Morgan fingerprint density at radius 1 is 1.35 bits per heavy atom. The van der Waals surface area contributed by atoms with E-state index in [2.05, 4.69) is 0 Å². The van der Waals surface area contributed by atoms with Gasteiger partial charge in [-0.05, 0) is 17.0 Å². The second kappa shape index (κ2) is 4.03. The fourth-order valence-electron chi connectivity index (χ4n) is 1.57. The maximum atomic E-state index is 12.5. The van der Waals surface area contributed by atoms with Crippen molar-refractivity contribution in [2.75, 3.05) is 0 Å². The van der Waals surface area contributed by atoms with E-state index in [4.69, 9.17) is 5.11 Å². The minimum Gasteiger partial charge on any atom is -0.481 e. The number of carboxylic acid groups (broad SMARTS) is 1. The predicted molar refractivity (Wildman–Crippen MR) is 58.2 cm³/mol. The second-order valence-electron chi connectivity index (χ2n) is 3.51. The van der Waals surface area contributed by atoms with Gasteiger partial charge in [0.15, 0.2) is 0 Å². The molecular weight excluding hydrogens is 253 g/mol. The van der Waals surface area contributed by atoms with Gasteiger partial charge in [0.05, 0.1) is 6.42 Å². The summed E-state index contributed by atoms with van der Waals surface area (Å²) in [4.78, 5) is 9.90. The van der Waals surface area contributed by atoms with Gasteiger partial charge in [-0.3, -0.25) is 4.79 Å². The molecule has 0 bridgehead atoms. The van der Waals surface area contributed by atoms with Gasteiger partial charge < -0.3 is 5.11 Å². The van der Waals surface area contributed by atoms with Crippen LogP contribution in [0.15, 0.2) is 24.3 Å². The summed E-state index contributed by atoms with van der Waals surface area (Å²) in [6, 6.07) is 5.69. The van der Waals surface area contributed by atoms with E-state index in [0.29, 0.717) is 27.0 Å². The quantitative estimate of drug-likeness (QED) is 0.896. The molecule has 0 atom stereocenters. The number of halogens is 3. The molecule has 1 heterocycles. The lowest BCUT2D eigenvalue weighted by Gasteiger charge is -2.00. The summed E-state index contributed by atoms with van der Waals surface area (Å²) in [6.07, 6.45) is -4.65. The van der Waals surface area contributed by atoms with Gasteiger partial charge in [-0.25, -0.2) is 0 Å². The minimum absolute atomic E-state index is 0.269. The molecular formula is C11H7F3O2S. The average Bonchev–Trinajstić information content (AvgIpc) is 2.60. The lowest BCUT2D eigenvalue weighted by Crippen LogP contribution is -2.00. The van der Waals surface area contributed by atoms with Crippen LogP contribution in [0.1, 0.15) is 10.4 Å². The summed E-state index contributed by atoms with van der Waals surface area (Å²) in [6.45, 7) is 0. The van der Waals surface area contributed by atoms with E-state index in [9.17, 15) is 18.0 Å². The third kappa shape index (κ3) is 2.41. The molecule has 6 heteroatoms. The molecule has 2 nitrogen and oxygen atoms in total. The molecule has 17 heavy (non-hydrogen) atoms. The molecule has 1 aromatic carbocycles. The fraction of sp³-hybridized carbons (Fsp3) is 0.182. The number of aliphatic carboxylic acids is 1. The Morgan fingerprint density at radius 3 is 2.65 bits per heavy atom. The van der Waals surface area contributed by atoms with Crippen LogP contribution in [0, 0.1) is 0 Å². The Balaban J connectivity index is 2.57. The van der Waals surface area contributed by atoms with Crippen molar-refractivity contribution in [1.29, 1.82) is 0 Å². The maximum absolute atomic E-state index is 12.5. The van der Waals surface area contributed by atoms with Gasteiger partial charge in [-0.1, -0.05) is 18.2 Å². The van der Waals surface area contributed by atoms with Gasteiger partial charge in [-0.15, -0.1) is 11.3 Å². The van der Waals surface area contributed by atoms with Gasteiger partial charge in [0, 0.05) is 4.70 Å². The summed E-state index contributed by atoms with van der Waals surface area (Å²) in [5, 5.41) is 9.11. The van der Waals surface area contributed by atoms with Crippen molar-refractivity contribution in [2.45, 2.75) is 12.6 Å². The first kappa shape index (κ1) is 11.9. The third-order valence-corrected chi connectivity index (χ3v) is 3.52. The van der Waals surface area contributed by atoms with Gasteiger partial charge in [0.2, 0.25) is 0 Å². The molecule has 0 fully saturated rings. The van der Waals surface area contributed by atoms with Crippen LogP contribution < -0.4 is 0 Å². The highest BCUT2D eigenvalue weighted by Gasteiger charge is 2.33. The number of fused-ring (bicyclic) bond motifs is 1. The van der Waals surface area contributed by atoms with E-state index in [1.165, 1.54) is 6.07 Å².